The standard InChI is InChI=1S/BCl3.Ba.2H/c2-1(3)4;;;. The number of hydrogen-bond acceptors (Lipinski definition) is 0. The summed E-state index contributed by atoms with van der Waals surface area (Å²) in [7, 11) is 0. The molecule has 0 atom stereocenters. The minimum atomic E-state index is -0.750. The van der Waals surface area contributed by atoms with Gasteiger partial charge in [0.15, 0.2) is 0 Å². The SMILES string of the molecule is ClB(Cl)Cl.[BaH2]. The van der Waals surface area contributed by atoms with E-state index in [-0.39, 0.29) is 48.9 Å². The Labute approximate surface area is 86.4 Å². The number of halogens is 3. The van der Waals surface area contributed by atoms with E-state index in [1.165, 1.54) is 0 Å². The molecule has 0 radical (unpaired) electrons. The molecule has 0 saturated heterocycles. The summed E-state index contributed by atoms with van der Waals surface area (Å²) in [5, 5.41) is 0. The first kappa shape index (κ1) is 10.5. The van der Waals surface area contributed by atoms with Crippen molar-refractivity contribution in [3.05, 3.63) is 0 Å². The maximum absolute atomic E-state index is 4.81. The quantitative estimate of drug-likeness (QED) is 0.562. The van der Waals surface area contributed by atoms with Gasteiger partial charge in [0.1, 0.15) is 0 Å². The third-order valence-electron chi connectivity index (χ3n) is 0. The van der Waals surface area contributed by atoms with E-state index in [0.29, 0.717) is 0 Å². The van der Waals surface area contributed by atoms with Crippen LogP contribution in [-0.2, 0) is 0 Å². The molecule has 0 saturated carbocycles. The van der Waals surface area contributed by atoms with Gasteiger partial charge in [-0.3, -0.25) is 0 Å². The molecule has 0 aliphatic rings. The second-order valence-electron chi connectivity index (χ2n) is 0.247. The van der Waals surface area contributed by atoms with Crippen LogP contribution in [0.2, 0.25) is 0 Å². The molecule has 0 rings (SSSR count). The topological polar surface area (TPSA) is 0 Å². The van der Waals surface area contributed by atoms with Crippen LogP contribution in [0.3, 0.4) is 0 Å². The molecular formula is H2BBaCl3. The summed E-state index contributed by atoms with van der Waals surface area (Å²) in [5.74, 6) is 0. The molecule has 0 aliphatic heterocycles. The molecule has 0 nitrogen and oxygen atoms in total. The van der Waals surface area contributed by atoms with Crippen molar-refractivity contribution in [2.75, 3.05) is 0 Å². The molecule has 0 amide bonds. The van der Waals surface area contributed by atoms with Crippen molar-refractivity contribution < 1.29 is 0 Å². The summed E-state index contributed by atoms with van der Waals surface area (Å²) in [6.07, 6.45) is 0. The number of hydrogen-bond donors (Lipinski definition) is 0. The van der Waals surface area contributed by atoms with E-state index in [4.69, 9.17) is 34.4 Å². The summed E-state index contributed by atoms with van der Waals surface area (Å²) in [4.78, 5) is -0.750. The fourth-order valence-electron chi connectivity index (χ4n) is 0. The molecule has 0 aromatic carbocycles. The monoisotopic (exact) mass is 256 g/mol. The Balaban J connectivity index is 0. The van der Waals surface area contributed by atoms with E-state index >= 15 is 0 Å². The first-order valence-corrected chi connectivity index (χ1v) is 1.96. The van der Waals surface area contributed by atoms with Crippen molar-refractivity contribution in [2.24, 2.45) is 0 Å². The molecule has 0 unspecified atom stereocenters. The Hall–Kier alpha value is 2.51. The van der Waals surface area contributed by atoms with Gasteiger partial charge in [-0.05, 0) is 0 Å². The van der Waals surface area contributed by atoms with Crippen LogP contribution < -0.4 is 0 Å². The van der Waals surface area contributed by atoms with E-state index in [1.54, 1.807) is 0 Å². The van der Waals surface area contributed by atoms with Gasteiger partial charge in [0, 0.05) is 0 Å². The Kier molecular flexibility index (Phi) is 13.6. The molecule has 0 spiro atoms. The van der Waals surface area contributed by atoms with Crippen LogP contribution >= 0.6 is 34.4 Å². The third kappa shape index (κ3) is 21.0. The third-order valence-corrected chi connectivity index (χ3v) is 0. The van der Waals surface area contributed by atoms with Crippen LogP contribution in [0.15, 0.2) is 0 Å². The minimum absolute atomic E-state index is 0. The Morgan fingerprint density at radius 1 is 1.00 bits per heavy atom. The molecule has 5 heavy (non-hydrogen) atoms. The predicted octanol–water partition coefficient (Wildman–Crippen LogP) is 0.771. The van der Waals surface area contributed by atoms with Crippen LogP contribution in [0.4, 0.5) is 0 Å². The molecule has 0 aromatic rings. The first-order chi connectivity index (χ1) is 1.73. The van der Waals surface area contributed by atoms with Gasteiger partial charge >= 0.3 is 53.8 Å². The summed E-state index contributed by atoms with van der Waals surface area (Å²) < 4.78 is 0. The van der Waals surface area contributed by atoms with Gasteiger partial charge < -0.3 is 0 Å². The van der Waals surface area contributed by atoms with Crippen molar-refractivity contribution in [1.29, 1.82) is 0 Å². The fraction of sp³-hybridized carbons (Fsp3) is 0. The van der Waals surface area contributed by atoms with Crippen LogP contribution in [-0.4, -0.2) is 53.8 Å². The number of rotatable bonds is 0. The molecule has 5 heteroatoms. The van der Waals surface area contributed by atoms with Gasteiger partial charge in [-0.15, -0.1) is 0 Å². The first-order valence-electron chi connectivity index (χ1n) is 0.655. The molecule has 0 fully saturated rings. The predicted molar refractivity (Wildman–Crippen MR) is 31.9 cm³/mol. The van der Waals surface area contributed by atoms with Gasteiger partial charge in [-0.25, -0.2) is 0 Å². The van der Waals surface area contributed by atoms with Gasteiger partial charge in [0.05, 0.1) is 0 Å². The van der Waals surface area contributed by atoms with Gasteiger partial charge in [-0.1, -0.05) is 0 Å². The molecule has 0 aliphatic carbocycles. The Morgan fingerprint density at radius 2 is 1.00 bits per heavy atom. The zero-order chi connectivity index (χ0) is 3.58. The molecule has 0 aromatic heterocycles. The average Bonchev–Trinajstić information content (AvgIpc) is 0.811. The summed E-state index contributed by atoms with van der Waals surface area (Å²) in [6, 6.07) is 0. The van der Waals surface area contributed by atoms with Crippen molar-refractivity contribution in [3.8, 4) is 0 Å². The van der Waals surface area contributed by atoms with Gasteiger partial charge in [0.25, 0.3) is 0 Å². The van der Waals surface area contributed by atoms with Gasteiger partial charge in [-0.2, -0.15) is 34.4 Å². The fourth-order valence-corrected chi connectivity index (χ4v) is 0. The van der Waals surface area contributed by atoms with E-state index in [1.807, 2.05) is 0 Å². The maximum atomic E-state index is 4.81. The molecular weight excluding hydrogens is 254 g/mol. The normalized spacial score (nSPS) is 5.40. The van der Waals surface area contributed by atoms with Crippen molar-refractivity contribution in [1.82, 2.24) is 0 Å². The van der Waals surface area contributed by atoms with Crippen LogP contribution in [0, 0.1) is 0 Å². The van der Waals surface area contributed by atoms with E-state index in [0.717, 1.165) is 0 Å². The molecule has 0 N–H and O–H groups in total. The zero-order valence-electron chi connectivity index (χ0n) is 1.71. The van der Waals surface area contributed by atoms with Crippen molar-refractivity contribution in [2.45, 2.75) is 0 Å². The molecule has 0 bridgehead atoms. The van der Waals surface area contributed by atoms with E-state index in [9.17, 15) is 0 Å². The second-order valence-corrected chi connectivity index (χ2v) is 2.23. The zero-order valence-corrected chi connectivity index (χ0v) is 3.98. The van der Waals surface area contributed by atoms with Gasteiger partial charge in [0.2, 0.25) is 0 Å². The summed E-state index contributed by atoms with van der Waals surface area (Å²) in [5.41, 5.74) is 0. The van der Waals surface area contributed by atoms with E-state index in [2.05, 4.69) is 0 Å². The van der Waals surface area contributed by atoms with Crippen LogP contribution in [0.1, 0.15) is 0 Å². The van der Waals surface area contributed by atoms with E-state index < -0.39 is 4.96 Å². The van der Waals surface area contributed by atoms with Crippen LogP contribution in [0.5, 0.6) is 0 Å². The van der Waals surface area contributed by atoms with Crippen LogP contribution in [0.25, 0.3) is 0 Å². The average molecular weight is 257 g/mol. The van der Waals surface area contributed by atoms with Crippen molar-refractivity contribution >= 4 is 88.2 Å². The Morgan fingerprint density at radius 3 is 1.00 bits per heavy atom. The molecule has 28 valence electrons. The Bertz CT molecular complexity index is 11.6. The second kappa shape index (κ2) is 6.51. The summed E-state index contributed by atoms with van der Waals surface area (Å²) in [6.45, 7) is 0. The molecule has 0 heterocycles. The summed E-state index contributed by atoms with van der Waals surface area (Å²) >= 11 is 14.4. The van der Waals surface area contributed by atoms with Crippen molar-refractivity contribution in [3.63, 3.8) is 0 Å².